The highest BCUT2D eigenvalue weighted by atomic mass is 16.3. The molecule has 2 N–H and O–H groups in total. The summed E-state index contributed by atoms with van der Waals surface area (Å²) in [5, 5.41) is 13.3. The van der Waals surface area contributed by atoms with Crippen LogP contribution in [0.3, 0.4) is 0 Å². The maximum Gasteiger partial charge on any atom is 0.0693 e. The minimum atomic E-state index is -0.125. The van der Waals surface area contributed by atoms with E-state index in [2.05, 4.69) is 35.6 Å². The Bertz CT molecular complexity index is 312. The molecule has 17 heavy (non-hydrogen) atoms. The lowest BCUT2D eigenvalue weighted by Gasteiger charge is -2.28. The molecule has 2 heteroatoms. The standard InChI is InChI=1S/C15H23NO/c17-15-11-5-4-10-14(15)16-12-6-9-13-7-2-1-3-8-13/h1-3,7-8,14-17H,4-6,9-12H2/t14-,15-/m0/s1. The summed E-state index contributed by atoms with van der Waals surface area (Å²) in [6, 6.07) is 10.9. The van der Waals surface area contributed by atoms with Gasteiger partial charge in [0.15, 0.2) is 0 Å². The second kappa shape index (κ2) is 6.77. The van der Waals surface area contributed by atoms with Crippen LogP contribution in [0, 0.1) is 0 Å². The number of rotatable bonds is 5. The van der Waals surface area contributed by atoms with Crippen molar-refractivity contribution in [1.29, 1.82) is 0 Å². The van der Waals surface area contributed by atoms with E-state index in [1.54, 1.807) is 0 Å². The number of hydrogen-bond acceptors (Lipinski definition) is 2. The van der Waals surface area contributed by atoms with Crippen LogP contribution in [0.1, 0.15) is 37.7 Å². The first kappa shape index (κ1) is 12.6. The van der Waals surface area contributed by atoms with Gasteiger partial charge in [0.2, 0.25) is 0 Å². The van der Waals surface area contributed by atoms with Gasteiger partial charge in [-0.15, -0.1) is 0 Å². The Morgan fingerprint density at radius 1 is 1.12 bits per heavy atom. The smallest absolute Gasteiger partial charge is 0.0693 e. The summed E-state index contributed by atoms with van der Waals surface area (Å²) in [6.07, 6.45) is 6.68. The quantitative estimate of drug-likeness (QED) is 0.766. The molecule has 94 valence electrons. The molecule has 1 aromatic rings. The van der Waals surface area contributed by atoms with Gasteiger partial charge in [-0.2, -0.15) is 0 Å². The molecule has 0 unspecified atom stereocenters. The van der Waals surface area contributed by atoms with Crippen LogP contribution < -0.4 is 5.32 Å². The largest absolute Gasteiger partial charge is 0.392 e. The normalized spacial score (nSPS) is 24.8. The minimum absolute atomic E-state index is 0.125. The molecule has 1 aliphatic rings. The molecule has 2 rings (SSSR count). The zero-order valence-corrected chi connectivity index (χ0v) is 10.4. The number of nitrogens with one attached hydrogen (secondary N) is 1. The van der Waals surface area contributed by atoms with Gasteiger partial charge in [-0.3, -0.25) is 0 Å². The molecule has 1 fully saturated rings. The second-order valence-corrected chi connectivity index (χ2v) is 5.00. The van der Waals surface area contributed by atoms with Gasteiger partial charge >= 0.3 is 0 Å². The number of aliphatic hydroxyl groups is 1. The molecule has 0 aromatic heterocycles. The van der Waals surface area contributed by atoms with E-state index in [0.29, 0.717) is 6.04 Å². The van der Waals surface area contributed by atoms with E-state index in [9.17, 15) is 5.11 Å². The molecule has 1 saturated carbocycles. The molecule has 0 heterocycles. The zero-order chi connectivity index (χ0) is 11.9. The monoisotopic (exact) mass is 233 g/mol. The Morgan fingerprint density at radius 2 is 1.88 bits per heavy atom. The van der Waals surface area contributed by atoms with Crippen LogP contribution in [0.2, 0.25) is 0 Å². The third-order valence-electron chi connectivity index (χ3n) is 3.62. The predicted molar refractivity (Wildman–Crippen MR) is 71.0 cm³/mol. The molecule has 0 bridgehead atoms. The Morgan fingerprint density at radius 3 is 2.65 bits per heavy atom. The van der Waals surface area contributed by atoms with E-state index < -0.39 is 0 Å². The maximum absolute atomic E-state index is 9.82. The summed E-state index contributed by atoms with van der Waals surface area (Å²) in [6.45, 7) is 1.01. The molecule has 0 radical (unpaired) electrons. The lowest BCUT2D eigenvalue weighted by Crippen LogP contribution is -2.42. The fraction of sp³-hybridized carbons (Fsp3) is 0.600. The molecule has 0 spiro atoms. The van der Waals surface area contributed by atoms with Crippen LogP contribution in [-0.2, 0) is 6.42 Å². The van der Waals surface area contributed by atoms with Crippen LogP contribution in [-0.4, -0.2) is 23.8 Å². The molecule has 0 saturated heterocycles. The van der Waals surface area contributed by atoms with Crippen LogP contribution >= 0.6 is 0 Å². The van der Waals surface area contributed by atoms with Gasteiger partial charge in [0.1, 0.15) is 0 Å². The molecular formula is C15H23NO. The third kappa shape index (κ3) is 4.14. The van der Waals surface area contributed by atoms with Crippen molar-refractivity contribution < 1.29 is 5.11 Å². The van der Waals surface area contributed by atoms with E-state index in [1.807, 2.05) is 0 Å². The van der Waals surface area contributed by atoms with Crippen molar-refractivity contribution in [2.45, 2.75) is 50.7 Å². The predicted octanol–water partition coefficient (Wildman–Crippen LogP) is 2.51. The first-order valence-corrected chi connectivity index (χ1v) is 6.81. The molecule has 2 atom stereocenters. The summed E-state index contributed by atoms with van der Waals surface area (Å²) in [7, 11) is 0. The van der Waals surface area contributed by atoms with Crippen molar-refractivity contribution in [2.75, 3.05) is 6.54 Å². The first-order valence-electron chi connectivity index (χ1n) is 6.81. The Labute approximate surface area is 104 Å². The van der Waals surface area contributed by atoms with Crippen molar-refractivity contribution in [1.82, 2.24) is 5.32 Å². The van der Waals surface area contributed by atoms with E-state index >= 15 is 0 Å². The zero-order valence-electron chi connectivity index (χ0n) is 10.4. The van der Waals surface area contributed by atoms with Crippen molar-refractivity contribution in [3.05, 3.63) is 35.9 Å². The number of aliphatic hydroxyl groups excluding tert-OH is 1. The fourth-order valence-corrected chi connectivity index (χ4v) is 2.57. The Balaban J connectivity index is 1.63. The highest BCUT2D eigenvalue weighted by molar-refractivity contribution is 5.14. The molecule has 1 aliphatic carbocycles. The number of benzene rings is 1. The van der Waals surface area contributed by atoms with Gasteiger partial charge in [-0.1, -0.05) is 43.2 Å². The molecule has 2 nitrogen and oxygen atoms in total. The van der Waals surface area contributed by atoms with Crippen LogP contribution in [0.5, 0.6) is 0 Å². The lowest BCUT2D eigenvalue weighted by molar-refractivity contribution is 0.0911. The summed E-state index contributed by atoms with van der Waals surface area (Å²) in [4.78, 5) is 0. The summed E-state index contributed by atoms with van der Waals surface area (Å²) < 4.78 is 0. The van der Waals surface area contributed by atoms with Crippen LogP contribution in [0.4, 0.5) is 0 Å². The molecule has 0 amide bonds. The average Bonchev–Trinajstić information content (AvgIpc) is 2.38. The Hall–Kier alpha value is -0.860. The summed E-state index contributed by atoms with van der Waals surface area (Å²) >= 11 is 0. The van der Waals surface area contributed by atoms with E-state index in [-0.39, 0.29) is 6.10 Å². The minimum Gasteiger partial charge on any atom is -0.392 e. The number of hydrogen-bond donors (Lipinski definition) is 2. The first-order chi connectivity index (χ1) is 8.36. The van der Waals surface area contributed by atoms with Gasteiger partial charge in [0.25, 0.3) is 0 Å². The lowest BCUT2D eigenvalue weighted by atomic mass is 9.92. The van der Waals surface area contributed by atoms with Gasteiger partial charge in [0, 0.05) is 6.04 Å². The van der Waals surface area contributed by atoms with Crippen LogP contribution in [0.25, 0.3) is 0 Å². The topological polar surface area (TPSA) is 32.3 Å². The second-order valence-electron chi connectivity index (χ2n) is 5.00. The highest BCUT2D eigenvalue weighted by Gasteiger charge is 2.21. The number of aryl methyl sites for hydroxylation is 1. The van der Waals surface area contributed by atoms with E-state index in [1.165, 1.54) is 18.4 Å². The average molecular weight is 233 g/mol. The fourth-order valence-electron chi connectivity index (χ4n) is 2.57. The van der Waals surface area contributed by atoms with E-state index in [4.69, 9.17) is 0 Å². The van der Waals surface area contributed by atoms with Gasteiger partial charge in [-0.25, -0.2) is 0 Å². The Kier molecular flexibility index (Phi) is 5.02. The summed E-state index contributed by atoms with van der Waals surface area (Å²) in [5.41, 5.74) is 1.40. The SMILES string of the molecule is O[C@H]1CCCC[C@@H]1NCCCc1ccccc1. The van der Waals surface area contributed by atoms with Gasteiger partial charge in [0.05, 0.1) is 6.10 Å². The summed E-state index contributed by atoms with van der Waals surface area (Å²) in [5.74, 6) is 0. The van der Waals surface area contributed by atoms with Crippen molar-refractivity contribution in [2.24, 2.45) is 0 Å². The van der Waals surface area contributed by atoms with Crippen LogP contribution in [0.15, 0.2) is 30.3 Å². The van der Waals surface area contributed by atoms with Crippen molar-refractivity contribution in [3.8, 4) is 0 Å². The highest BCUT2D eigenvalue weighted by Crippen LogP contribution is 2.18. The van der Waals surface area contributed by atoms with Gasteiger partial charge < -0.3 is 10.4 Å². The maximum atomic E-state index is 9.82. The molecule has 0 aliphatic heterocycles. The molecule has 1 aromatic carbocycles. The van der Waals surface area contributed by atoms with Crippen molar-refractivity contribution in [3.63, 3.8) is 0 Å². The van der Waals surface area contributed by atoms with Crippen molar-refractivity contribution >= 4 is 0 Å². The van der Waals surface area contributed by atoms with Gasteiger partial charge in [-0.05, 0) is 37.8 Å². The molecular weight excluding hydrogens is 210 g/mol. The van der Waals surface area contributed by atoms with E-state index in [0.717, 1.165) is 32.2 Å². The third-order valence-corrected chi connectivity index (χ3v) is 3.62.